The molecule has 1 aliphatic carbocycles. The van der Waals surface area contributed by atoms with Crippen molar-refractivity contribution in [2.45, 2.75) is 44.4 Å². The third kappa shape index (κ3) is 5.86. The number of pyridine rings is 1. The second-order valence-electron chi connectivity index (χ2n) is 8.86. The van der Waals surface area contributed by atoms with Crippen LogP contribution >= 0.6 is 11.8 Å². The molecule has 7 heteroatoms. The second kappa shape index (κ2) is 14.3. The van der Waals surface area contributed by atoms with Crippen molar-refractivity contribution in [3.63, 3.8) is 0 Å². The first-order chi connectivity index (χ1) is 20.4. The SMILES string of the molecule is C=C/C=C(/C)COC(=O)c1ccccc1Sc1ccc2c3c1C(=O)c1ccccc1-c3c(C#N)c(=O)n2C.CC.CC. The van der Waals surface area contributed by atoms with Crippen LogP contribution in [0.2, 0.25) is 0 Å². The number of nitriles is 1. The topological polar surface area (TPSA) is 89.2 Å². The molecule has 0 saturated heterocycles. The highest BCUT2D eigenvalue weighted by Gasteiger charge is 2.32. The maximum Gasteiger partial charge on any atom is 0.339 e. The number of hydrogen-bond acceptors (Lipinski definition) is 6. The summed E-state index contributed by atoms with van der Waals surface area (Å²) < 4.78 is 6.90. The Morgan fingerprint density at radius 1 is 0.952 bits per heavy atom. The summed E-state index contributed by atoms with van der Waals surface area (Å²) in [5.41, 5.74) is 3.23. The highest BCUT2D eigenvalue weighted by Crippen LogP contribution is 2.45. The van der Waals surface area contributed by atoms with Crippen molar-refractivity contribution in [1.29, 1.82) is 5.26 Å². The molecule has 0 spiro atoms. The molecule has 0 bridgehead atoms. The van der Waals surface area contributed by atoms with E-state index in [1.807, 2.05) is 40.7 Å². The number of nitrogens with zero attached hydrogens (tertiary/aromatic N) is 2. The van der Waals surface area contributed by atoms with Crippen molar-refractivity contribution in [2.24, 2.45) is 7.05 Å². The number of carbonyl (C=O) groups excluding carboxylic acids is 2. The molecule has 1 aliphatic rings. The van der Waals surface area contributed by atoms with Crippen molar-refractivity contribution in [3.8, 4) is 17.2 Å². The van der Waals surface area contributed by atoms with Gasteiger partial charge in [0.15, 0.2) is 5.78 Å². The zero-order valence-corrected chi connectivity index (χ0v) is 25.6. The average molecular weight is 579 g/mol. The van der Waals surface area contributed by atoms with Crippen molar-refractivity contribution in [1.82, 2.24) is 4.57 Å². The van der Waals surface area contributed by atoms with Crippen LogP contribution in [0.1, 0.15) is 66.5 Å². The summed E-state index contributed by atoms with van der Waals surface area (Å²) in [6, 6.07) is 19.7. The van der Waals surface area contributed by atoms with Gasteiger partial charge in [-0.1, -0.05) is 94.6 Å². The minimum absolute atomic E-state index is 0.00437. The molecule has 1 heterocycles. The van der Waals surface area contributed by atoms with Crippen LogP contribution < -0.4 is 5.56 Å². The smallest absolute Gasteiger partial charge is 0.339 e. The lowest BCUT2D eigenvalue weighted by Gasteiger charge is -2.24. The molecule has 0 atom stereocenters. The molecule has 3 aromatic carbocycles. The zero-order valence-electron chi connectivity index (χ0n) is 24.8. The molecule has 6 nitrogen and oxygen atoms in total. The average Bonchev–Trinajstić information content (AvgIpc) is 3.03. The monoisotopic (exact) mass is 578 g/mol. The molecule has 4 aromatic rings. The van der Waals surface area contributed by atoms with Gasteiger partial charge in [0, 0.05) is 38.9 Å². The van der Waals surface area contributed by atoms with E-state index in [1.165, 1.54) is 16.3 Å². The molecule has 42 heavy (non-hydrogen) atoms. The largest absolute Gasteiger partial charge is 0.458 e. The molecular formula is C35H34N2O4S. The summed E-state index contributed by atoms with van der Waals surface area (Å²) in [6.07, 6.45) is 3.41. The molecule has 5 rings (SSSR count). The summed E-state index contributed by atoms with van der Waals surface area (Å²) in [6.45, 7) is 13.6. The summed E-state index contributed by atoms with van der Waals surface area (Å²) in [5, 5.41) is 10.5. The fraction of sp³-hybridized carbons (Fsp3) is 0.200. The highest BCUT2D eigenvalue weighted by atomic mass is 32.2. The van der Waals surface area contributed by atoms with Gasteiger partial charge in [0.2, 0.25) is 0 Å². The first-order valence-electron chi connectivity index (χ1n) is 13.8. The zero-order chi connectivity index (χ0) is 31.0. The number of aromatic nitrogens is 1. The van der Waals surface area contributed by atoms with Crippen LogP contribution in [0.5, 0.6) is 0 Å². The van der Waals surface area contributed by atoms with Gasteiger partial charge in [0.05, 0.1) is 11.1 Å². The standard InChI is InChI=1S/C31H22N2O4S.2C2H6/c1-4-9-18(2)17-37-31(36)21-12-7-8-13-24(21)38-25-15-14-23-27-26(22(16-32)30(35)33(23)3)19-10-5-6-11-20(19)29(34)28(25)27;2*1-2/h4-15H,1,17H2,2-3H3;2*1-2H3/b18-9-;;. The van der Waals surface area contributed by atoms with Crippen LogP contribution in [0.3, 0.4) is 0 Å². The predicted octanol–water partition coefficient (Wildman–Crippen LogP) is 8.11. The lowest BCUT2D eigenvalue weighted by atomic mass is 9.82. The summed E-state index contributed by atoms with van der Waals surface area (Å²) in [7, 11) is 1.60. The van der Waals surface area contributed by atoms with Crippen LogP contribution in [0.4, 0.5) is 0 Å². The minimum atomic E-state index is -0.481. The first kappa shape index (κ1) is 31.9. The van der Waals surface area contributed by atoms with E-state index in [2.05, 4.69) is 12.6 Å². The number of carbonyl (C=O) groups is 2. The van der Waals surface area contributed by atoms with Crippen molar-refractivity contribution in [2.75, 3.05) is 6.61 Å². The number of esters is 1. The Hall–Kier alpha value is -4.67. The van der Waals surface area contributed by atoms with Gasteiger partial charge < -0.3 is 9.30 Å². The maximum atomic E-state index is 13.9. The Labute approximate surface area is 251 Å². The predicted molar refractivity (Wildman–Crippen MR) is 170 cm³/mol. The quantitative estimate of drug-likeness (QED) is 0.149. The first-order valence-corrected chi connectivity index (χ1v) is 14.6. The summed E-state index contributed by atoms with van der Waals surface area (Å²) in [5.74, 6) is -0.681. The van der Waals surface area contributed by atoms with Crippen molar-refractivity contribution in [3.05, 3.63) is 118 Å². The Morgan fingerprint density at radius 2 is 1.60 bits per heavy atom. The van der Waals surface area contributed by atoms with Gasteiger partial charge in [-0.05, 0) is 42.3 Å². The molecule has 0 saturated carbocycles. The number of allylic oxidation sites excluding steroid dienone is 2. The van der Waals surface area contributed by atoms with Gasteiger partial charge in [0.25, 0.3) is 5.56 Å². The molecule has 214 valence electrons. The number of ether oxygens (including phenoxy) is 1. The number of hydrogen-bond donors (Lipinski definition) is 0. The molecule has 0 unspecified atom stereocenters. The highest BCUT2D eigenvalue weighted by molar-refractivity contribution is 7.99. The van der Waals surface area contributed by atoms with Crippen LogP contribution in [0.15, 0.2) is 99.6 Å². The lowest BCUT2D eigenvalue weighted by molar-refractivity contribution is 0.0536. The van der Waals surface area contributed by atoms with Gasteiger partial charge >= 0.3 is 5.97 Å². The van der Waals surface area contributed by atoms with Gasteiger partial charge in [-0.3, -0.25) is 9.59 Å². The van der Waals surface area contributed by atoms with E-state index in [-0.39, 0.29) is 18.0 Å². The number of rotatable bonds is 6. The second-order valence-corrected chi connectivity index (χ2v) is 9.94. The molecular weight excluding hydrogens is 544 g/mol. The fourth-order valence-corrected chi connectivity index (χ4v) is 5.76. The third-order valence-electron chi connectivity index (χ3n) is 6.47. The molecule has 0 radical (unpaired) electrons. The van der Waals surface area contributed by atoms with Gasteiger partial charge in [-0.15, -0.1) is 0 Å². The van der Waals surface area contributed by atoms with Crippen LogP contribution in [0, 0.1) is 11.3 Å². The van der Waals surface area contributed by atoms with E-state index < -0.39 is 11.5 Å². The van der Waals surface area contributed by atoms with Crippen molar-refractivity contribution < 1.29 is 14.3 Å². The van der Waals surface area contributed by atoms with Gasteiger partial charge in [-0.2, -0.15) is 5.26 Å². The lowest BCUT2D eigenvalue weighted by Crippen LogP contribution is -2.24. The number of benzene rings is 3. The number of ketones is 1. The van der Waals surface area contributed by atoms with Crippen LogP contribution in [0.25, 0.3) is 22.0 Å². The van der Waals surface area contributed by atoms with Gasteiger partial charge in [0.1, 0.15) is 18.2 Å². The van der Waals surface area contributed by atoms with E-state index in [0.29, 0.717) is 48.5 Å². The summed E-state index contributed by atoms with van der Waals surface area (Å²) in [4.78, 5) is 41.1. The molecule has 1 aromatic heterocycles. The van der Waals surface area contributed by atoms with E-state index in [0.717, 1.165) is 5.57 Å². The third-order valence-corrected chi connectivity index (χ3v) is 7.60. The molecule has 0 N–H and O–H groups in total. The fourth-order valence-electron chi connectivity index (χ4n) is 4.68. The molecule has 0 amide bonds. The Kier molecular flexibility index (Phi) is 10.8. The van der Waals surface area contributed by atoms with E-state index in [9.17, 15) is 19.6 Å². The number of fused-ring (bicyclic) bond motifs is 2. The number of aryl methyl sites for hydroxylation is 1. The van der Waals surface area contributed by atoms with Crippen LogP contribution in [-0.2, 0) is 11.8 Å². The maximum absolute atomic E-state index is 13.9. The van der Waals surface area contributed by atoms with Gasteiger partial charge in [-0.25, -0.2) is 4.79 Å². The minimum Gasteiger partial charge on any atom is -0.458 e. The Morgan fingerprint density at radius 3 is 2.26 bits per heavy atom. The Bertz CT molecular complexity index is 1810. The van der Waals surface area contributed by atoms with Crippen LogP contribution in [-0.4, -0.2) is 22.9 Å². The Balaban J connectivity index is 0.00000116. The van der Waals surface area contributed by atoms with E-state index in [1.54, 1.807) is 73.8 Å². The normalized spacial score (nSPS) is 11.3. The molecule has 0 aliphatic heterocycles. The van der Waals surface area contributed by atoms with E-state index >= 15 is 0 Å². The van der Waals surface area contributed by atoms with Crippen molar-refractivity contribution >= 4 is 34.4 Å². The van der Waals surface area contributed by atoms with E-state index in [4.69, 9.17) is 4.74 Å². The molecule has 0 fully saturated rings. The summed E-state index contributed by atoms with van der Waals surface area (Å²) >= 11 is 1.27.